The van der Waals surface area contributed by atoms with Crippen LogP contribution in [0.4, 0.5) is 11.4 Å². The highest BCUT2D eigenvalue weighted by atomic mass is 35.5. The smallest absolute Gasteiger partial charge is 0.0823 e. The third kappa shape index (κ3) is 6.11. The lowest BCUT2D eigenvalue weighted by atomic mass is 10.2. The highest BCUT2D eigenvalue weighted by Gasteiger charge is 2.06. The molecule has 0 saturated carbocycles. The molecule has 0 saturated heterocycles. The number of aromatic nitrogens is 4. The van der Waals surface area contributed by atoms with Crippen LogP contribution >= 0.6 is 46.4 Å². The van der Waals surface area contributed by atoms with Crippen molar-refractivity contribution in [3.05, 3.63) is 91.4 Å². The van der Waals surface area contributed by atoms with Crippen molar-refractivity contribution in [3.8, 4) is 0 Å². The van der Waals surface area contributed by atoms with Crippen molar-refractivity contribution in [2.24, 2.45) is 0 Å². The Labute approximate surface area is 206 Å². The summed E-state index contributed by atoms with van der Waals surface area (Å²) in [6, 6.07) is 11.1. The minimum atomic E-state index is 0.552. The molecule has 0 amide bonds. The molecule has 0 radical (unpaired) electrons. The molecule has 168 valence electrons. The Kier molecular flexibility index (Phi) is 7.96. The molecule has 2 aromatic carbocycles. The van der Waals surface area contributed by atoms with E-state index in [-0.39, 0.29) is 0 Å². The Balaban J connectivity index is 0.000000181. The fraction of sp³-hybridized carbons (Fsp3) is 0.182. The van der Waals surface area contributed by atoms with E-state index in [1.807, 2.05) is 42.8 Å². The van der Waals surface area contributed by atoms with Crippen LogP contribution in [-0.2, 0) is 13.1 Å². The van der Waals surface area contributed by atoms with E-state index in [2.05, 4.69) is 10.2 Å². The van der Waals surface area contributed by atoms with Gasteiger partial charge in [0.1, 0.15) is 0 Å². The standard InChI is InChI=1S/2C11H11Cl2N3/c1-7-11(14)5-15-16(7)6-8-2-3-9(12)10(13)4-8;1-7-11(14)6-16(15-7)5-8-2-3-9(12)10(13)4-8/h2-5H,6,14H2,1H3;2-4,6H,5,14H2,1H3. The van der Waals surface area contributed by atoms with Crippen LogP contribution < -0.4 is 11.5 Å². The second-order valence-electron chi connectivity index (χ2n) is 7.21. The molecule has 4 aromatic rings. The molecule has 0 aliphatic rings. The average molecular weight is 512 g/mol. The SMILES string of the molecule is Cc1c(N)cnn1Cc1ccc(Cl)c(Cl)c1.Cc1nn(Cc2ccc(Cl)c(Cl)c2)cc1N. The normalized spacial score (nSPS) is 10.7. The fourth-order valence-electron chi connectivity index (χ4n) is 2.87. The van der Waals surface area contributed by atoms with Gasteiger partial charge >= 0.3 is 0 Å². The first-order valence-corrected chi connectivity index (χ1v) is 11.1. The highest BCUT2D eigenvalue weighted by Crippen LogP contribution is 2.24. The second-order valence-corrected chi connectivity index (χ2v) is 8.84. The first-order chi connectivity index (χ1) is 15.1. The van der Waals surface area contributed by atoms with Crippen molar-refractivity contribution in [1.82, 2.24) is 19.6 Å². The van der Waals surface area contributed by atoms with E-state index < -0.39 is 0 Å². The first-order valence-electron chi connectivity index (χ1n) is 9.59. The van der Waals surface area contributed by atoms with Crippen molar-refractivity contribution < 1.29 is 0 Å². The summed E-state index contributed by atoms with van der Waals surface area (Å²) in [7, 11) is 0. The fourth-order valence-corrected chi connectivity index (χ4v) is 3.51. The van der Waals surface area contributed by atoms with Crippen molar-refractivity contribution >= 4 is 57.8 Å². The maximum absolute atomic E-state index is 5.94. The minimum Gasteiger partial charge on any atom is -0.396 e. The van der Waals surface area contributed by atoms with Gasteiger partial charge in [-0.05, 0) is 49.2 Å². The van der Waals surface area contributed by atoms with Gasteiger partial charge in [0.05, 0.1) is 62.1 Å². The van der Waals surface area contributed by atoms with E-state index in [1.165, 1.54) is 0 Å². The molecule has 2 aromatic heterocycles. The molecule has 2 heterocycles. The van der Waals surface area contributed by atoms with E-state index in [4.69, 9.17) is 57.9 Å². The monoisotopic (exact) mass is 510 g/mol. The molecule has 0 spiro atoms. The molecule has 32 heavy (non-hydrogen) atoms. The van der Waals surface area contributed by atoms with Crippen molar-refractivity contribution in [3.63, 3.8) is 0 Å². The summed E-state index contributed by atoms with van der Waals surface area (Å²) in [5.74, 6) is 0. The minimum absolute atomic E-state index is 0.552. The summed E-state index contributed by atoms with van der Waals surface area (Å²) in [6.07, 6.45) is 3.45. The molecule has 10 heteroatoms. The van der Waals surface area contributed by atoms with Gasteiger partial charge in [0.2, 0.25) is 0 Å². The number of benzene rings is 2. The van der Waals surface area contributed by atoms with Gasteiger partial charge in [-0.15, -0.1) is 0 Å². The van der Waals surface area contributed by atoms with E-state index >= 15 is 0 Å². The van der Waals surface area contributed by atoms with Crippen LogP contribution in [0.15, 0.2) is 48.8 Å². The zero-order valence-electron chi connectivity index (χ0n) is 17.5. The van der Waals surface area contributed by atoms with Crippen LogP contribution in [0.5, 0.6) is 0 Å². The molecule has 0 unspecified atom stereocenters. The number of nitrogens with two attached hydrogens (primary N) is 2. The van der Waals surface area contributed by atoms with Gasteiger partial charge in [-0.1, -0.05) is 58.5 Å². The number of hydrogen-bond donors (Lipinski definition) is 2. The average Bonchev–Trinajstić information content (AvgIpc) is 3.23. The third-order valence-electron chi connectivity index (χ3n) is 4.77. The topological polar surface area (TPSA) is 87.7 Å². The third-order valence-corrected chi connectivity index (χ3v) is 6.25. The maximum Gasteiger partial charge on any atom is 0.0823 e. The number of rotatable bonds is 4. The van der Waals surface area contributed by atoms with Gasteiger partial charge in [0.25, 0.3) is 0 Å². The molecular weight excluding hydrogens is 490 g/mol. The molecular formula is C22H22Cl4N6. The zero-order chi connectivity index (χ0) is 23.4. The summed E-state index contributed by atoms with van der Waals surface area (Å²) >= 11 is 23.6. The van der Waals surface area contributed by atoms with Crippen molar-refractivity contribution in [2.75, 3.05) is 11.5 Å². The Hall–Kier alpha value is -2.38. The maximum atomic E-state index is 5.94. The lowest BCUT2D eigenvalue weighted by molar-refractivity contribution is 0.665. The predicted octanol–water partition coefficient (Wildman–Crippen LogP) is 6.26. The van der Waals surface area contributed by atoms with Crippen LogP contribution in [0.3, 0.4) is 0 Å². The highest BCUT2D eigenvalue weighted by molar-refractivity contribution is 6.42. The Morgan fingerprint density at radius 3 is 1.78 bits per heavy atom. The molecule has 4 N–H and O–H groups in total. The molecule has 0 atom stereocenters. The van der Waals surface area contributed by atoms with Crippen LogP contribution in [0.1, 0.15) is 22.5 Å². The molecule has 0 aliphatic heterocycles. The van der Waals surface area contributed by atoms with Crippen molar-refractivity contribution in [1.29, 1.82) is 0 Å². The largest absolute Gasteiger partial charge is 0.396 e. The summed E-state index contributed by atoms with van der Waals surface area (Å²) in [5, 5.41) is 10.7. The second kappa shape index (κ2) is 10.5. The van der Waals surface area contributed by atoms with E-state index in [1.54, 1.807) is 29.2 Å². The predicted molar refractivity (Wildman–Crippen MR) is 134 cm³/mol. The Bertz CT molecular complexity index is 1210. The van der Waals surface area contributed by atoms with Gasteiger partial charge in [-0.25, -0.2) is 0 Å². The quantitative estimate of drug-likeness (QED) is 0.338. The van der Waals surface area contributed by atoms with Crippen molar-refractivity contribution in [2.45, 2.75) is 26.9 Å². The summed E-state index contributed by atoms with van der Waals surface area (Å²) in [5.41, 5.74) is 16.7. The van der Waals surface area contributed by atoms with Gasteiger partial charge in [-0.2, -0.15) is 10.2 Å². The lowest BCUT2D eigenvalue weighted by Crippen LogP contribution is -2.04. The van der Waals surface area contributed by atoms with E-state index in [0.29, 0.717) is 44.6 Å². The molecule has 0 aliphatic carbocycles. The van der Waals surface area contributed by atoms with E-state index in [9.17, 15) is 0 Å². The Morgan fingerprint density at radius 2 is 1.34 bits per heavy atom. The van der Waals surface area contributed by atoms with Crippen LogP contribution in [-0.4, -0.2) is 19.6 Å². The molecule has 0 fully saturated rings. The lowest BCUT2D eigenvalue weighted by Gasteiger charge is -2.06. The number of anilines is 2. The summed E-state index contributed by atoms with van der Waals surface area (Å²) in [4.78, 5) is 0. The van der Waals surface area contributed by atoms with E-state index in [0.717, 1.165) is 22.5 Å². The number of nitrogens with zero attached hydrogens (tertiary/aromatic N) is 4. The summed E-state index contributed by atoms with van der Waals surface area (Å²) < 4.78 is 3.61. The van der Waals surface area contributed by atoms with Gasteiger partial charge < -0.3 is 11.5 Å². The van der Waals surface area contributed by atoms with Crippen LogP contribution in [0.2, 0.25) is 20.1 Å². The first kappa shape index (κ1) is 24.3. The number of hydrogen-bond acceptors (Lipinski definition) is 4. The number of aryl methyl sites for hydroxylation is 1. The van der Waals surface area contributed by atoms with Crippen LogP contribution in [0.25, 0.3) is 0 Å². The molecule has 6 nitrogen and oxygen atoms in total. The number of halogens is 4. The van der Waals surface area contributed by atoms with Gasteiger partial charge in [0, 0.05) is 6.20 Å². The Morgan fingerprint density at radius 1 is 0.781 bits per heavy atom. The van der Waals surface area contributed by atoms with Gasteiger partial charge in [-0.3, -0.25) is 9.36 Å². The summed E-state index contributed by atoms with van der Waals surface area (Å²) in [6.45, 7) is 5.08. The molecule has 4 rings (SSSR count). The van der Waals surface area contributed by atoms with Crippen LogP contribution in [0, 0.1) is 13.8 Å². The zero-order valence-corrected chi connectivity index (χ0v) is 20.5. The number of nitrogen functional groups attached to an aromatic ring is 2. The van der Waals surface area contributed by atoms with Gasteiger partial charge in [0.15, 0.2) is 0 Å². The molecule has 0 bridgehead atoms.